The van der Waals surface area contributed by atoms with E-state index in [1.165, 1.54) is 11.1 Å². The van der Waals surface area contributed by atoms with Crippen LogP contribution in [0.4, 0.5) is 0 Å². The Hall–Kier alpha value is -0.820. The van der Waals surface area contributed by atoms with Crippen LogP contribution in [0.2, 0.25) is 0 Å². The Morgan fingerprint density at radius 3 is 2.07 bits per heavy atom. The van der Waals surface area contributed by atoms with Gasteiger partial charge in [0.25, 0.3) is 0 Å². The predicted molar refractivity (Wildman–Crippen MR) is 60.5 cm³/mol. The van der Waals surface area contributed by atoms with E-state index in [1.807, 2.05) is 6.92 Å². The molecule has 1 atom stereocenters. The first kappa shape index (κ1) is 11.3. The monoisotopic (exact) mass is 192 g/mol. The molecule has 0 bridgehead atoms. The fourth-order valence-electron chi connectivity index (χ4n) is 1.44. The molecule has 14 heavy (non-hydrogen) atoms. The molecule has 0 saturated heterocycles. The van der Waals surface area contributed by atoms with Crippen molar-refractivity contribution in [2.75, 3.05) is 0 Å². The van der Waals surface area contributed by atoms with E-state index in [-0.39, 0.29) is 6.10 Å². The number of aliphatic hydroxyl groups excluding tert-OH is 1. The van der Waals surface area contributed by atoms with Crippen LogP contribution in [0.1, 0.15) is 44.2 Å². The first-order chi connectivity index (χ1) is 6.59. The van der Waals surface area contributed by atoms with Gasteiger partial charge in [0.1, 0.15) is 0 Å². The van der Waals surface area contributed by atoms with Gasteiger partial charge < -0.3 is 5.11 Å². The summed E-state index contributed by atoms with van der Waals surface area (Å²) in [6, 6.07) is 8.69. The first-order valence-corrected chi connectivity index (χ1v) is 5.36. The van der Waals surface area contributed by atoms with Gasteiger partial charge >= 0.3 is 0 Å². The van der Waals surface area contributed by atoms with Gasteiger partial charge in [0.2, 0.25) is 0 Å². The second-order valence-electron chi connectivity index (χ2n) is 4.28. The van der Waals surface area contributed by atoms with Crippen molar-refractivity contribution in [2.24, 2.45) is 0 Å². The Balaban J connectivity index is 2.55. The highest BCUT2D eigenvalue weighted by molar-refractivity contribution is 5.24. The zero-order chi connectivity index (χ0) is 10.6. The Labute approximate surface area is 86.8 Å². The highest BCUT2D eigenvalue weighted by Crippen LogP contribution is 2.15. The summed E-state index contributed by atoms with van der Waals surface area (Å²) in [7, 11) is 0. The highest BCUT2D eigenvalue weighted by Gasteiger charge is 2.00. The van der Waals surface area contributed by atoms with Crippen LogP contribution in [0.5, 0.6) is 0 Å². The van der Waals surface area contributed by atoms with Crippen molar-refractivity contribution in [3.63, 3.8) is 0 Å². The minimum Gasteiger partial charge on any atom is -0.393 e. The standard InChI is InChI=1S/C13H20O/c1-10(2)13-8-6-12(7-9-13)5-4-11(3)14/h6-11,14H,4-5H2,1-3H3/t11-/m0/s1. The molecule has 0 fully saturated rings. The Morgan fingerprint density at radius 1 is 1.07 bits per heavy atom. The highest BCUT2D eigenvalue weighted by atomic mass is 16.3. The number of benzene rings is 1. The molecular weight excluding hydrogens is 172 g/mol. The zero-order valence-electron chi connectivity index (χ0n) is 9.33. The molecule has 0 unspecified atom stereocenters. The molecule has 0 amide bonds. The molecule has 0 aliphatic rings. The van der Waals surface area contributed by atoms with Crippen LogP contribution in [-0.4, -0.2) is 11.2 Å². The van der Waals surface area contributed by atoms with Crippen molar-refractivity contribution in [1.82, 2.24) is 0 Å². The summed E-state index contributed by atoms with van der Waals surface area (Å²) in [6.45, 7) is 6.23. The van der Waals surface area contributed by atoms with Crippen LogP contribution in [0.15, 0.2) is 24.3 Å². The SMILES string of the molecule is CC(C)c1ccc(CC[C@H](C)O)cc1. The van der Waals surface area contributed by atoms with E-state index in [0.717, 1.165) is 12.8 Å². The van der Waals surface area contributed by atoms with Crippen LogP contribution >= 0.6 is 0 Å². The minimum atomic E-state index is -0.195. The lowest BCUT2D eigenvalue weighted by atomic mass is 10.00. The lowest BCUT2D eigenvalue weighted by molar-refractivity contribution is 0.185. The maximum Gasteiger partial charge on any atom is 0.0515 e. The van der Waals surface area contributed by atoms with Crippen molar-refractivity contribution in [1.29, 1.82) is 0 Å². The molecule has 0 heterocycles. The van der Waals surface area contributed by atoms with E-state index in [1.54, 1.807) is 0 Å². The van der Waals surface area contributed by atoms with Gasteiger partial charge in [-0.05, 0) is 36.8 Å². The largest absolute Gasteiger partial charge is 0.393 e. The molecule has 0 aliphatic carbocycles. The molecule has 0 saturated carbocycles. The van der Waals surface area contributed by atoms with Gasteiger partial charge in [0, 0.05) is 0 Å². The topological polar surface area (TPSA) is 20.2 Å². The molecule has 1 N–H and O–H groups in total. The number of aliphatic hydroxyl groups is 1. The summed E-state index contributed by atoms with van der Waals surface area (Å²) in [4.78, 5) is 0. The molecule has 78 valence electrons. The lowest BCUT2D eigenvalue weighted by Crippen LogP contribution is -2.01. The van der Waals surface area contributed by atoms with Gasteiger partial charge in [-0.3, -0.25) is 0 Å². The van der Waals surface area contributed by atoms with Crippen molar-refractivity contribution in [3.05, 3.63) is 35.4 Å². The normalized spacial score (nSPS) is 13.2. The molecular formula is C13H20O. The maximum atomic E-state index is 9.16. The van der Waals surface area contributed by atoms with E-state index in [2.05, 4.69) is 38.1 Å². The Bertz CT molecular complexity index is 259. The van der Waals surface area contributed by atoms with Crippen LogP contribution in [0.3, 0.4) is 0 Å². The molecule has 0 spiro atoms. The Morgan fingerprint density at radius 2 is 1.64 bits per heavy atom. The second kappa shape index (κ2) is 5.16. The maximum absolute atomic E-state index is 9.16. The van der Waals surface area contributed by atoms with Gasteiger partial charge in [-0.15, -0.1) is 0 Å². The van der Waals surface area contributed by atoms with Crippen molar-refractivity contribution < 1.29 is 5.11 Å². The summed E-state index contributed by atoms with van der Waals surface area (Å²) in [6.07, 6.45) is 1.62. The summed E-state index contributed by atoms with van der Waals surface area (Å²) >= 11 is 0. The van der Waals surface area contributed by atoms with Gasteiger partial charge in [-0.2, -0.15) is 0 Å². The van der Waals surface area contributed by atoms with Gasteiger partial charge in [0.15, 0.2) is 0 Å². The number of hydrogen-bond donors (Lipinski definition) is 1. The van der Waals surface area contributed by atoms with Crippen molar-refractivity contribution >= 4 is 0 Å². The first-order valence-electron chi connectivity index (χ1n) is 5.36. The fourth-order valence-corrected chi connectivity index (χ4v) is 1.44. The van der Waals surface area contributed by atoms with Crippen LogP contribution in [0, 0.1) is 0 Å². The Kier molecular flexibility index (Phi) is 4.15. The average molecular weight is 192 g/mol. The molecule has 1 nitrogen and oxygen atoms in total. The predicted octanol–water partition coefficient (Wildman–Crippen LogP) is 3.12. The summed E-state index contributed by atoms with van der Waals surface area (Å²) in [5.41, 5.74) is 2.70. The molecule has 0 radical (unpaired) electrons. The second-order valence-corrected chi connectivity index (χ2v) is 4.28. The molecule has 0 aromatic heterocycles. The van der Waals surface area contributed by atoms with Gasteiger partial charge in [0.05, 0.1) is 6.10 Å². The number of aryl methyl sites for hydroxylation is 1. The van der Waals surface area contributed by atoms with Crippen LogP contribution < -0.4 is 0 Å². The third-order valence-electron chi connectivity index (χ3n) is 2.50. The van der Waals surface area contributed by atoms with E-state index >= 15 is 0 Å². The number of rotatable bonds is 4. The third kappa shape index (κ3) is 3.51. The molecule has 1 rings (SSSR count). The minimum absolute atomic E-state index is 0.195. The summed E-state index contributed by atoms with van der Waals surface area (Å²) < 4.78 is 0. The van der Waals surface area contributed by atoms with E-state index in [0.29, 0.717) is 5.92 Å². The van der Waals surface area contributed by atoms with Gasteiger partial charge in [-0.25, -0.2) is 0 Å². The molecule has 0 aliphatic heterocycles. The van der Waals surface area contributed by atoms with E-state index < -0.39 is 0 Å². The molecule has 1 aromatic rings. The lowest BCUT2D eigenvalue weighted by Gasteiger charge is -2.07. The smallest absolute Gasteiger partial charge is 0.0515 e. The van der Waals surface area contributed by atoms with Crippen LogP contribution in [-0.2, 0) is 6.42 Å². The van der Waals surface area contributed by atoms with Crippen molar-refractivity contribution in [2.45, 2.75) is 45.6 Å². The number of hydrogen-bond acceptors (Lipinski definition) is 1. The van der Waals surface area contributed by atoms with Crippen molar-refractivity contribution in [3.8, 4) is 0 Å². The zero-order valence-corrected chi connectivity index (χ0v) is 9.33. The van der Waals surface area contributed by atoms with E-state index in [9.17, 15) is 0 Å². The quantitative estimate of drug-likeness (QED) is 0.777. The van der Waals surface area contributed by atoms with Gasteiger partial charge in [-0.1, -0.05) is 38.1 Å². The molecule has 1 aromatic carbocycles. The third-order valence-corrected chi connectivity index (χ3v) is 2.50. The molecule has 1 heteroatoms. The fraction of sp³-hybridized carbons (Fsp3) is 0.538. The van der Waals surface area contributed by atoms with E-state index in [4.69, 9.17) is 5.11 Å². The summed E-state index contributed by atoms with van der Waals surface area (Å²) in [5, 5.41) is 9.16. The summed E-state index contributed by atoms with van der Waals surface area (Å²) in [5.74, 6) is 0.598. The average Bonchev–Trinajstić information content (AvgIpc) is 2.15. The van der Waals surface area contributed by atoms with Crippen LogP contribution in [0.25, 0.3) is 0 Å².